The number of fused-ring (bicyclic) bond motifs is 1. The van der Waals surface area contributed by atoms with E-state index in [1.54, 1.807) is 31.3 Å². The van der Waals surface area contributed by atoms with E-state index in [1.165, 1.54) is 36.8 Å². The van der Waals surface area contributed by atoms with Crippen molar-refractivity contribution in [2.75, 3.05) is 20.2 Å². The van der Waals surface area contributed by atoms with Crippen molar-refractivity contribution < 1.29 is 27.1 Å². The number of halogens is 4. The number of alkyl halides is 3. The van der Waals surface area contributed by atoms with Crippen LogP contribution in [0.5, 0.6) is 5.88 Å². The van der Waals surface area contributed by atoms with Gasteiger partial charge in [-0.1, -0.05) is 0 Å². The fourth-order valence-electron chi connectivity index (χ4n) is 3.63. The van der Waals surface area contributed by atoms with E-state index in [1.807, 2.05) is 0 Å². The highest BCUT2D eigenvalue weighted by atomic mass is 32.1. The lowest BCUT2D eigenvalue weighted by Gasteiger charge is -2.23. The number of aromatic amines is 1. The average molecular weight is 492 g/mol. The van der Waals surface area contributed by atoms with Gasteiger partial charge in [0.1, 0.15) is 18.1 Å². The molecule has 3 aromatic heterocycles. The third-order valence-electron chi connectivity index (χ3n) is 5.18. The molecule has 6 nitrogen and oxygen atoms in total. The molecule has 0 fully saturated rings. The Hall–Kier alpha value is -3.47. The van der Waals surface area contributed by atoms with Crippen LogP contribution in [0.25, 0.3) is 21.3 Å². The first-order valence-corrected chi connectivity index (χ1v) is 11.1. The lowest BCUT2D eigenvalue weighted by Crippen LogP contribution is -2.40. The molecule has 1 aromatic carbocycles. The van der Waals surface area contributed by atoms with E-state index in [-0.39, 0.29) is 18.7 Å². The maximum atomic E-state index is 13.7. The molecule has 0 saturated carbocycles. The Balaban J connectivity index is 1.63. The van der Waals surface area contributed by atoms with Crippen molar-refractivity contribution in [2.45, 2.75) is 19.5 Å². The van der Waals surface area contributed by atoms with Crippen molar-refractivity contribution in [1.82, 2.24) is 19.9 Å². The molecule has 0 saturated heterocycles. The largest absolute Gasteiger partial charge is 0.481 e. The summed E-state index contributed by atoms with van der Waals surface area (Å²) in [6, 6.07) is 7.43. The molecule has 34 heavy (non-hydrogen) atoms. The van der Waals surface area contributed by atoms with Crippen LogP contribution in [0.15, 0.2) is 42.7 Å². The summed E-state index contributed by atoms with van der Waals surface area (Å²) >= 11 is 1.20. The minimum absolute atomic E-state index is 0.0660. The van der Waals surface area contributed by atoms with Crippen LogP contribution in [-0.4, -0.2) is 52.1 Å². The molecule has 0 unspecified atom stereocenters. The maximum absolute atomic E-state index is 13.7. The Bertz CT molecular complexity index is 1320. The summed E-state index contributed by atoms with van der Waals surface area (Å²) in [5.41, 5.74) is 1.76. The summed E-state index contributed by atoms with van der Waals surface area (Å²) in [6.07, 6.45) is -1.40. The highest BCUT2D eigenvalue weighted by molar-refractivity contribution is 7.15. The number of hydrogen-bond donors (Lipinski definition) is 1. The first kappa shape index (κ1) is 23.7. The zero-order valence-corrected chi connectivity index (χ0v) is 19.1. The highest BCUT2D eigenvalue weighted by Crippen LogP contribution is 2.32. The summed E-state index contributed by atoms with van der Waals surface area (Å²) in [5, 5.41) is 1.10. The number of H-pyrrole nitrogens is 1. The standard InChI is InChI=1S/C23H20F4N4O2S/c1-13-30-20(21(34-13)15-3-6-19(33-2)29-11-15)22(32)31(12-23(25,26)27)8-7-14-10-28-18-5-4-16(24)9-17(14)18/h3-6,9-11,28H,7-8,12H2,1-2H3. The minimum Gasteiger partial charge on any atom is -0.481 e. The van der Waals surface area contributed by atoms with Gasteiger partial charge in [0.05, 0.1) is 17.0 Å². The molecule has 0 spiro atoms. The summed E-state index contributed by atoms with van der Waals surface area (Å²) in [5.74, 6) is -0.919. The molecule has 0 bridgehead atoms. The smallest absolute Gasteiger partial charge is 0.406 e. The second kappa shape index (κ2) is 9.41. The van der Waals surface area contributed by atoms with Crippen molar-refractivity contribution in [3.8, 4) is 16.3 Å². The van der Waals surface area contributed by atoms with Gasteiger partial charge in [0.15, 0.2) is 0 Å². The van der Waals surface area contributed by atoms with Gasteiger partial charge in [-0.05, 0) is 43.2 Å². The number of hydrogen-bond acceptors (Lipinski definition) is 5. The van der Waals surface area contributed by atoms with Crippen LogP contribution in [0.4, 0.5) is 17.6 Å². The minimum atomic E-state index is -4.60. The number of rotatable bonds is 7. The zero-order valence-electron chi connectivity index (χ0n) is 18.2. The fraction of sp³-hybridized carbons (Fsp3) is 0.261. The predicted molar refractivity (Wildman–Crippen MR) is 121 cm³/mol. The van der Waals surface area contributed by atoms with Gasteiger partial charge in [0.25, 0.3) is 5.91 Å². The van der Waals surface area contributed by atoms with Crippen molar-refractivity contribution in [3.05, 3.63) is 64.8 Å². The molecule has 11 heteroatoms. The Morgan fingerprint density at radius 2 is 2.03 bits per heavy atom. The molecule has 4 aromatic rings. The van der Waals surface area contributed by atoms with Gasteiger partial charge in [-0.25, -0.2) is 14.4 Å². The number of nitrogens with zero attached hydrogens (tertiary/aromatic N) is 3. The SMILES string of the molecule is COc1ccc(-c2sc(C)nc2C(=O)N(CCc2c[nH]c3ccc(F)cc23)CC(F)(F)F)cn1. The van der Waals surface area contributed by atoms with Gasteiger partial charge >= 0.3 is 6.18 Å². The Morgan fingerprint density at radius 3 is 2.71 bits per heavy atom. The summed E-state index contributed by atoms with van der Waals surface area (Å²) in [4.78, 5) is 25.8. The molecule has 0 atom stereocenters. The van der Waals surface area contributed by atoms with Crippen LogP contribution in [0.1, 0.15) is 21.1 Å². The third-order valence-corrected chi connectivity index (χ3v) is 6.20. The number of methoxy groups -OCH3 is 1. The van der Waals surface area contributed by atoms with Crippen molar-refractivity contribution in [3.63, 3.8) is 0 Å². The number of aryl methyl sites for hydroxylation is 1. The van der Waals surface area contributed by atoms with Gasteiger partial charge in [0, 0.05) is 41.5 Å². The number of nitrogens with one attached hydrogen (secondary N) is 1. The Kier molecular flexibility index (Phi) is 6.56. The lowest BCUT2D eigenvalue weighted by molar-refractivity contribution is -0.140. The predicted octanol–water partition coefficient (Wildman–Crippen LogP) is 5.39. The van der Waals surface area contributed by atoms with Crippen LogP contribution in [0.2, 0.25) is 0 Å². The van der Waals surface area contributed by atoms with E-state index in [9.17, 15) is 22.4 Å². The molecule has 3 heterocycles. The number of carbonyl (C=O) groups is 1. The van der Waals surface area contributed by atoms with Gasteiger partial charge in [0.2, 0.25) is 5.88 Å². The first-order chi connectivity index (χ1) is 16.1. The van der Waals surface area contributed by atoms with Crippen molar-refractivity contribution in [2.24, 2.45) is 0 Å². The monoisotopic (exact) mass is 492 g/mol. The molecular weight excluding hydrogens is 472 g/mol. The summed E-state index contributed by atoms with van der Waals surface area (Å²) in [7, 11) is 1.46. The number of carbonyl (C=O) groups excluding carboxylic acids is 1. The van der Waals surface area contributed by atoms with Gasteiger partial charge in [-0.3, -0.25) is 4.79 Å². The molecule has 0 aliphatic heterocycles. The number of ether oxygens (including phenoxy) is 1. The topological polar surface area (TPSA) is 71.1 Å². The molecular formula is C23H20F4N4O2S. The van der Waals surface area contributed by atoms with Crippen molar-refractivity contribution in [1.29, 1.82) is 0 Å². The van der Waals surface area contributed by atoms with Crippen LogP contribution in [0.3, 0.4) is 0 Å². The molecule has 1 amide bonds. The molecule has 0 aliphatic rings. The third kappa shape index (κ3) is 5.19. The Morgan fingerprint density at radius 1 is 1.24 bits per heavy atom. The molecule has 0 radical (unpaired) electrons. The number of pyridine rings is 1. The lowest BCUT2D eigenvalue weighted by atomic mass is 10.1. The van der Waals surface area contributed by atoms with Crippen LogP contribution < -0.4 is 4.74 Å². The maximum Gasteiger partial charge on any atom is 0.406 e. The molecule has 1 N–H and O–H groups in total. The quantitative estimate of drug-likeness (QED) is 0.351. The molecule has 4 rings (SSSR count). The average Bonchev–Trinajstić information content (AvgIpc) is 3.38. The zero-order chi connectivity index (χ0) is 24.5. The number of aromatic nitrogens is 3. The van der Waals surface area contributed by atoms with Crippen LogP contribution in [0, 0.1) is 12.7 Å². The van der Waals surface area contributed by atoms with Crippen LogP contribution in [-0.2, 0) is 6.42 Å². The Labute approximate surface area is 196 Å². The number of amides is 1. The van der Waals surface area contributed by atoms with E-state index in [0.29, 0.717) is 37.8 Å². The van der Waals surface area contributed by atoms with E-state index >= 15 is 0 Å². The van der Waals surface area contributed by atoms with E-state index in [4.69, 9.17) is 4.74 Å². The highest BCUT2D eigenvalue weighted by Gasteiger charge is 2.35. The fourth-order valence-corrected chi connectivity index (χ4v) is 4.54. The second-order valence-corrected chi connectivity index (χ2v) is 8.80. The van der Waals surface area contributed by atoms with Gasteiger partial charge < -0.3 is 14.6 Å². The van der Waals surface area contributed by atoms with Crippen LogP contribution >= 0.6 is 11.3 Å². The van der Waals surface area contributed by atoms with Crippen molar-refractivity contribution >= 4 is 28.1 Å². The van der Waals surface area contributed by atoms with E-state index < -0.39 is 24.4 Å². The second-order valence-electron chi connectivity index (χ2n) is 7.60. The summed E-state index contributed by atoms with van der Waals surface area (Å²) < 4.78 is 58.8. The molecule has 178 valence electrons. The normalized spacial score (nSPS) is 11.7. The van der Waals surface area contributed by atoms with Gasteiger partial charge in [-0.2, -0.15) is 13.2 Å². The van der Waals surface area contributed by atoms with Gasteiger partial charge in [-0.15, -0.1) is 11.3 Å². The first-order valence-electron chi connectivity index (χ1n) is 10.2. The molecule has 0 aliphatic carbocycles. The number of thiazole rings is 1. The van der Waals surface area contributed by atoms with E-state index in [0.717, 1.165) is 4.90 Å². The summed E-state index contributed by atoms with van der Waals surface area (Å²) in [6.45, 7) is 0.0224. The van der Waals surface area contributed by atoms with E-state index in [2.05, 4.69) is 15.0 Å². The number of benzene rings is 1.